The minimum absolute atomic E-state index is 0.0448. The monoisotopic (exact) mass is 486 g/mol. The van der Waals surface area contributed by atoms with Gasteiger partial charge >= 0.3 is 0 Å². The summed E-state index contributed by atoms with van der Waals surface area (Å²) in [4.78, 5) is 20.0. The molecule has 1 amide bonds. The zero-order valence-corrected chi connectivity index (χ0v) is 19.6. The fourth-order valence-electron chi connectivity index (χ4n) is 3.49. The molecule has 0 aliphatic rings. The number of rotatable bonds is 6. The van der Waals surface area contributed by atoms with Gasteiger partial charge in [0.05, 0.1) is 17.0 Å². The molecule has 0 saturated carbocycles. The van der Waals surface area contributed by atoms with Crippen LogP contribution in [0.2, 0.25) is 5.02 Å². The SMILES string of the molecule is CC(=O)Nn1c(NCc2ccc(-c3cc(Cl)cc(F)c3-c3noc(C)n3)cc2F)nc(C)c1C. The van der Waals surface area contributed by atoms with Crippen molar-refractivity contribution in [3.05, 3.63) is 69.8 Å². The van der Waals surface area contributed by atoms with E-state index >= 15 is 4.39 Å². The lowest BCUT2D eigenvalue weighted by atomic mass is 9.97. The summed E-state index contributed by atoms with van der Waals surface area (Å²) in [5, 5.41) is 6.98. The third-order valence-electron chi connectivity index (χ3n) is 5.22. The molecule has 0 aliphatic carbocycles. The summed E-state index contributed by atoms with van der Waals surface area (Å²) in [5.41, 5.74) is 5.28. The molecule has 2 aromatic carbocycles. The molecule has 0 aliphatic heterocycles. The molecule has 0 bridgehead atoms. The maximum Gasteiger partial charge on any atom is 0.235 e. The van der Waals surface area contributed by atoms with Gasteiger partial charge in [-0.3, -0.25) is 10.2 Å². The Balaban J connectivity index is 1.65. The highest BCUT2D eigenvalue weighted by molar-refractivity contribution is 6.31. The van der Waals surface area contributed by atoms with Crippen molar-refractivity contribution in [2.24, 2.45) is 0 Å². The van der Waals surface area contributed by atoms with Crippen LogP contribution < -0.4 is 10.7 Å². The number of benzene rings is 2. The third kappa shape index (κ3) is 4.62. The minimum Gasteiger partial charge on any atom is -0.350 e. The van der Waals surface area contributed by atoms with Crippen molar-refractivity contribution >= 4 is 23.5 Å². The number of carbonyl (C=O) groups excluding carboxylic acids is 1. The average molecular weight is 487 g/mol. The molecule has 176 valence electrons. The number of imidazole rings is 1. The molecule has 8 nitrogen and oxygen atoms in total. The van der Waals surface area contributed by atoms with Crippen LogP contribution in [-0.2, 0) is 11.3 Å². The molecule has 2 heterocycles. The zero-order chi connectivity index (χ0) is 24.6. The second-order valence-electron chi connectivity index (χ2n) is 7.72. The number of anilines is 1. The standard InChI is InChI=1S/C23H21ClF2N6O2/c1-11-12(2)32(30-13(3)33)23(28-11)27-10-16-6-5-15(7-19(16)25)18-8-17(24)9-20(26)21(18)22-29-14(4)34-31-22/h5-9H,10H2,1-4H3,(H,27,28)(H,30,33). The van der Waals surface area contributed by atoms with Gasteiger partial charge in [-0.2, -0.15) is 4.98 Å². The molecule has 34 heavy (non-hydrogen) atoms. The Kier molecular flexibility index (Phi) is 6.34. The van der Waals surface area contributed by atoms with Gasteiger partial charge in [0, 0.05) is 31.0 Å². The molecule has 0 fully saturated rings. The van der Waals surface area contributed by atoms with E-state index in [1.165, 1.54) is 23.7 Å². The minimum atomic E-state index is -0.648. The maximum absolute atomic E-state index is 15.1. The van der Waals surface area contributed by atoms with Crippen molar-refractivity contribution < 1.29 is 18.1 Å². The maximum atomic E-state index is 15.1. The fourth-order valence-corrected chi connectivity index (χ4v) is 3.69. The highest BCUT2D eigenvalue weighted by atomic mass is 35.5. The van der Waals surface area contributed by atoms with Gasteiger partial charge < -0.3 is 9.84 Å². The van der Waals surface area contributed by atoms with Gasteiger partial charge in [0.2, 0.25) is 23.6 Å². The van der Waals surface area contributed by atoms with Crippen LogP contribution in [0.3, 0.4) is 0 Å². The predicted molar refractivity (Wildman–Crippen MR) is 124 cm³/mol. The van der Waals surface area contributed by atoms with Crippen LogP contribution in [0.25, 0.3) is 22.5 Å². The summed E-state index contributed by atoms with van der Waals surface area (Å²) >= 11 is 6.07. The highest BCUT2D eigenvalue weighted by Gasteiger charge is 2.20. The summed E-state index contributed by atoms with van der Waals surface area (Å²) < 4.78 is 36.3. The lowest BCUT2D eigenvalue weighted by Crippen LogP contribution is -2.23. The molecule has 0 saturated heterocycles. The van der Waals surface area contributed by atoms with E-state index in [1.807, 2.05) is 6.92 Å². The number of carbonyl (C=O) groups is 1. The van der Waals surface area contributed by atoms with Crippen LogP contribution >= 0.6 is 11.6 Å². The smallest absolute Gasteiger partial charge is 0.235 e. The van der Waals surface area contributed by atoms with Crippen LogP contribution in [0.15, 0.2) is 34.9 Å². The van der Waals surface area contributed by atoms with E-state index in [0.717, 1.165) is 17.5 Å². The van der Waals surface area contributed by atoms with Gasteiger partial charge in [0.15, 0.2) is 0 Å². The van der Waals surface area contributed by atoms with Gasteiger partial charge in [-0.05, 0) is 43.2 Å². The quantitative estimate of drug-likeness (QED) is 0.390. The van der Waals surface area contributed by atoms with Crippen LogP contribution in [0.4, 0.5) is 14.7 Å². The van der Waals surface area contributed by atoms with E-state index in [2.05, 4.69) is 25.9 Å². The first kappa shape index (κ1) is 23.4. The molecule has 0 atom stereocenters. The van der Waals surface area contributed by atoms with Crippen molar-refractivity contribution in [3.63, 3.8) is 0 Å². The number of nitrogens with one attached hydrogen (secondary N) is 2. The van der Waals surface area contributed by atoms with Gasteiger partial charge in [0.1, 0.15) is 11.6 Å². The van der Waals surface area contributed by atoms with Gasteiger partial charge in [-0.25, -0.2) is 18.4 Å². The summed E-state index contributed by atoms with van der Waals surface area (Å²) in [6, 6.07) is 7.18. The van der Waals surface area contributed by atoms with E-state index in [1.54, 1.807) is 26.0 Å². The molecular weight excluding hydrogens is 466 g/mol. The Morgan fingerprint density at radius 3 is 2.53 bits per heavy atom. The molecule has 2 N–H and O–H groups in total. The van der Waals surface area contributed by atoms with Gasteiger partial charge in [-0.15, -0.1) is 0 Å². The number of aromatic nitrogens is 4. The van der Waals surface area contributed by atoms with Crippen molar-refractivity contribution in [2.75, 3.05) is 10.7 Å². The fraction of sp³-hybridized carbons (Fsp3) is 0.217. The normalized spacial score (nSPS) is 11.0. The molecule has 0 radical (unpaired) electrons. The number of halogens is 3. The van der Waals surface area contributed by atoms with E-state index in [4.69, 9.17) is 16.1 Å². The largest absolute Gasteiger partial charge is 0.350 e. The first-order valence-electron chi connectivity index (χ1n) is 10.3. The average Bonchev–Trinajstić information content (AvgIpc) is 3.30. The van der Waals surface area contributed by atoms with Crippen molar-refractivity contribution in [3.8, 4) is 22.5 Å². The Hall–Kier alpha value is -3.79. The molecule has 4 rings (SSSR count). The van der Waals surface area contributed by atoms with Crippen molar-refractivity contribution in [2.45, 2.75) is 34.2 Å². The Bertz CT molecular complexity index is 1400. The van der Waals surface area contributed by atoms with Crippen LogP contribution in [-0.4, -0.2) is 25.7 Å². The zero-order valence-electron chi connectivity index (χ0n) is 18.8. The molecule has 4 aromatic rings. The van der Waals surface area contributed by atoms with E-state index in [9.17, 15) is 9.18 Å². The van der Waals surface area contributed by atoms with Gasteiger partial charge in [-0.1, -0.05) is 28.9 Å². The van der Waals surface area contributed by atoms with Crippen LogP contribution in [0, 0.1) is 32.4 Å². The lowest BCUT2D eigenvalue weighted by Gasteiger charge is -2.13. The highest BCUT2D eigenvalue weighted by Crippen LogP contribution is 2.36. The molecule has 0 unspecified atom stereocenters. The molecule has 2 aromatic heterocycles. The summed E-state index contributed by atoms with van der Waals surface area (Å²) in [6.45, 7) is 6.70. The summed E-state index contributed by atoms with van der Waals surface area (Å²) in [7, 11) is 0. The second kappa shape index (κ2) is 9.22. The molecule has 0 spiro atoms. The van der Waals surface area contributed by atoms with E-state index in [0.29, 0.717) is 22.6 Å². The van der Waals surface area contributed by atoms with Crippen molar-refractivity contribution in [1.29, 1.82) is 0 Å². The lowest BCUT2D eigenvalue weighted by molar-refractivity contribution is -0.115. The van der Waals surface area contributed by atoms with Crippen molar-refractivity contribution in [1.82, 2.24) is 19.8 Å². The summed E-state index contributed by atoms with van der Waals surface area (Å²) in [5.74, 6) is -0.744. The first-order valence-corrected chi connectivity index (χ1v) is 10.7. The summed E-state index contributed by atoms with van der Waals surface area (Å²) in [6.07, 6.45) is 0. The Morgan fingerprint density at radius 1 is 1.12 bits per heavy atom. The number of amides is 1. The predicted octanol–water partition coefficient (Wildman–Crippen LogP) is 5.16. The van der Waals surface area contributed by atoms with Crippen LogP contribution in [0.1, 0.15) is 29.8 Å². The first-order chi connectivity index (χ1) is 16.1. The topological polar surface area (TPSA) is 97.9 Å². The second-order valence-corrected chi connectivity index (χ2v) is 8.15. The molecular formula is C23H21ClF2N6O2. The Labute approximate surface area is 198 Å². The third-order valence-corrected chi connectivity index (χ3v) is 5.44. The number of aryl methyl sites for hydroxylation is 2. The Morgan fingerprint density at radius 2 is 1.88 bits per heavy atom. The number of nitrogens with zero attached hydrogens (tertiary/aromatic N) is 4. The number of hydrogen-bond acceptors (Lipinski definition) is 6. The van der Waals surface area contributed by atoms with E-state index < -0.39 is 11.6 Å². The van der Waals surface area contributed by atoms with Crippen LogP contribution in [0.5, 0.6) is 0 Å². The van der Waals surface area contributed by atoms with E-state index in [-0.39, 0.29) is 34.8 Å². The molecule has 11 heteroatoms. The number of hydrogen-bond donors (Lipinski definition) is 2. The van der Waals surface area contributed by atoms with Gasteiger partial charge in [0.25, 0.3) is 0 Å².